The van der Waals surface area contributed by atoms with Crippen LogP contribution in [0, 0.1) is 0 Å². The molecule has 0 fully saturated rings. The van der Waals surface area contributed by atoms with E-state index in [1.54, 1.807) is 97.1 Å². The molecule has 0 spiro atoms. The number of hydrogen-bond donors (Lipinski definition) is 0. The molecule has 316 valence electrons. The second-order valence-electron chi connectivity index (χ2n) is 15.1. The Morgan fingerprint density at radius 3 is 0.641 bits per heavy atom. The topological polar surface area (TPSA) is 107 Å². The lowest BCUT2D eigenvalue weighted by molar-refractivity contribution is 0.150. The maximum Gasteiger partial charge on any atom is 0.519 e. The molecule has 0 aliphatic heterocycles. The molecule has 0 radical (unpaired) electrons. The highest BCUT2D eigenvalue weighted by Crippen LogP contribution is 2.41. The van der Waals surface area contributed by atoms with Crippen LogP contribution >= 0.6 is 0 Å². The van der Waals surface area contributed by atoms with E-state index in [2.05, 4.69) is 38.1 Å². The van der Waals surface area contributed by atoms with Crippen LogP contribution in [0.2, 0.25) is 0 Å². The van der Waals surface area contributed by atoms with Crippen molar-refractivity contribution in [2.45, 2.75) is 24.7 Å². The molecule has 9 nitrogen and oxygen atoms in total. The van der Waals surface area contributed by atoms with Gasteiger partial charge >= 0.3 is 18.5 Å². The largest absolute Gasteiger partial charge is 0.519 e. The van der Waals surface area contributed by atoms with E-state index in [4.69, 9.17) is 28.4 Å². The van der Waals surface area contributed by atoms with Crippen LogP contribution in [0.15, 0.2) is 218 Å². The number of para-hydroxylation sites is 2. The number of hydrogen-bond acceptors (Lipinski definition) is 9. The Kier molecular flexibility index (Phi) is 12.6. The number of ether oxygens (including phenoxy) is 6. The molecule has 8 aromatic rings. The Bertz CT molecular complexity index is 2600. The third-order valence-electron chi connectivity index (χ3n) is 11.1. The average molecular weight is 847 g/mol. The lowest BCUT2D eigenvalue weighted by atomic mass is 9.71. The van der Waals surface area contributed by atoms with E-state index in [1.807, 2.05) is 97.1 Å². The third kappa shape index (κ3) is 9.70. The monoisotopic (exact) mass is 846 g/mol. The zero-order valence-corrected chi connectivity index (χ0v) is 35.0. The first-order chi connectivity index (χ1) is 31.2. The van der Waals surface area contributed by atoms with Gasteiger partial charge in [-0.15, -0.1) is 0 Å². The molecule has 0 bridgehead atoms. The smallest absolute Gasteiger partial charge is 0.395 e. The zero-order chi connectivity index (χ0) is 44.4. The molecular formula is C55H42O9. The quantitative estimate of drug-likeness (QED) is 0.0675. The van der Waals surface area contributed by atoms with E-state index >= 15 is 0 Å². The Morgan fingerprint density at radius 2 is 0.422 bits per heavy atom. The summed E-state index contributed by atoms with van der Waals surface area (Å²) in [5.74, 6) is 2.06. The van der Waals surface area contributed by atoms with Gasteiger partial charge in [-0.05, 0) is 120 Å². The average Bonchev–Trinajstić information content (AvgIpc) is 3.33. The molecule has 0 aliphatic carbocycles. The van der Waals surface area contributed by atoms with Gasteiger partial charge < -0.3 is 28.4 Å². The van der Waals surface area contributed by atoms with Gasteiger partial charge in [-0.2, -0.15) is 0 Å². The summed E-state index contributed by atoms with van der Waals surface area (Å²) in [6.45, 7) is 4.21. The minimum absolute atomic E-state index is 0.305. The molecule has 0 aliphatic rings. The second kappa shape index (κ2) is 19.1. The molecule has 0 saturated heterocycles. The molecule has 0 amide bonds. The number of rotatable bonds is 12. The van der Waals surface area contributed by atoms with Crippen LogP contribution in [0.5, 0.6) is 34.5 Å². The van der Waals surface area contributed by atoms with Crippen molar-refractivity contribution in [2.24, 2.45) is 0 Å². The fourth-order valence-corrected chi connectivity index (χ4v) is 7.59. The van der Waals surface area contributed by atoms with Gasteiger partial charge in [0.1, 0.15) is 34.5 Å². The summed E-state index contributed by atoms with van der Waals surface area (Å²) in [7, 11) is 0. The fraction of sp³-hybridized carbons (Fsp3) is 0.0727. The van der Waals surface area contributed by atoms with Crippen LogP contribution in [0.1, 0.15) is 47.2 Å². The summed E-state index contributed by atoms with van der Waals surface area (Å²) in [6, 6.07) is 66.6. The number of benzene rings is 8. The van der Waals surface area contributed by atoms with Crippen LogP contribution in [0.4, 0.5) is 14.4 Å². The van der Waals surface area contributed by atoms with Crippen molar-refractivity contribution < 1.29 is 42.8 Å². The van der Waals surface area contributed by atoms with E-state index in [1.165, 1.54) is 0 Å². The van der Waals surface area contributed by atoms with Crippen LogP contribution in [-0.2, 0) is 10.8 Å². The van der Waals surface area contributed by atoms with Gasteiger partial charge in [0.2, 0.25) is 0 Å². The SMILES string of the molecule is CC(c1ccccc1)(c1ccc(OC(=O)Oc2ccccc2)cc1)c1ccc(OC(=O)Oc2ccc(C(C)(c3ccccc3)c3ccc(OC(=O)Oc4ccccc4)cc3)cc2)cc1. The Hall–Kier alpha value is -8.43. The highest BCUT2D eigenvalue weighted by molar-refractivity contribution is 5.69. The lowest BCUT2D eigenvalue weighted by Crippen LogP contribution is -2.25. The number of carbonyl (C=O) groups excluding carboxylic acids is 3. The summed E-state index contributed by atoms with van der Waals surface area (Å²) in [6.07, 6.45) is -2.56. The molecule has 2 atom stereocenters. The van der Waals surface area contributed by atoms with E-state index in [0.29, 0.717) is 34.5 Å². The maximum atomic E-state index is 13.1. The molecular weight excluding hydrogens is 805 g/mol. The van der Waals surface area contributed by atoms with Gasteiger partial charge in [-0.25, -0.2) is 14.4 Å². The van der Waals surface area contributed by atoms with Crippen LogP contribution < -0.4 is 28.4 Å². The molecule has 0 aromatic heterocycles. The van der Waals surface area contributed by atoms with Gasteiger partial charge in [-0.3, -0.25) is 0 Å². The summed E-state index contributed by atoms with van der Waals surface area (Å²) < 4.78 is 32.7. The van der Waals surface area contributed by atoms with Crippen molar-refractivity contribution in [1.29, 1.82) is 0 Å². The standard InChI is InChI=1S/C55H42O9/c1-54(39-15-7-3-8-16-39,41-23-31-47(32-24-41)61-51(56)59-45-19-11-5-12-20-45)43-27-35-49(36-28-43)63-53(58)64-50-37-29-44(30-38-50)55(2,40-17-9-4-10-18-40)42-25-33-48(34-26-42)62-52(57)60-46-21-13-6-14-22-46/h3-38H,1-2H3. The molecule has 64 heavy (non-hydrogen) atoms. The summed E-state index contributed by atoms with van der Waals surface area (Å²) >= 11 is 0. The highest BCUT2D eigenvalue weighted by Gasteiger charge is 2.33. The highest BCUT2D eigenvalue weighted by atomic mass is 16.7. The molecule has 0 N–H and O–H groups in total. The van der Waals surface area contributed by atoms with Crippen molar-refractivity contribution in [3.8, 4) is 34.5 Å². The van der Waals surface area contributed by atoms with Crippen molar-refractivity contribution in [1.82, 2.24) is 0 Å². The maximum absolute atomic E-state index is 13.1. The first-order valence-corrected chi connectivity index (χ1v) is 20.5. The van der Waals surface area contributed by atoms with Gasteiger partial charge in [0.15, 0.2) is 0 Å². The van der Waals surface area contributed by atoms with E-state index in [9.17, 15) is 14.4 Å². The Labute approximate surface area is 371 Å². The van der Waals surface area contributed by atoms with Crippen molar-refractivity contribution in [2.75, 3.05) is 0 Å². The number of carbonyl (C=O) groups is 3. The first-order valence-electron chi connectivity index (χ1n) is 20.5. The summed E-state index contributed by atoms with van der Waals surface area (Å²) in [4.78, 5) is 38.0. The predicted octanol–water partition coefficient (Wildman–Crippen LogP) is 13.1. The van der Waals surface area contributed by atoms with Gasteiger partial charge in [0.25, 0.3) is 0 Å². The molecule has 8 rings (SSSR count). The lowest BCUT2D eigenvalue weighted by Gasteiger charge is -2.32. The van der Waals surface area contributed by atoms with Gasteiger partial charge in [0, 0.05) is 10.8 Å². The normalized spacial score (nSPS) is 12.7. The fourth-order valence-electron chi connectivity index (χ4n) is 7.59. The molecule has 0 saturated carbocycles. The minimum Gasteiger partial charge on any atom is -0.395 e. The first kappa shape index (κ1) is 42.3. The minimum atomic E-state index is -0.889. The Balaban J connectivity index is 0.940. The summed E-state index contributed by atoms with van der Waals surface area (Å²) in [5, 5.41) is 0. The molecule has 8 aromatic carbocycles. The van der Waals surface area contributed by atoms with Crippen molar-refractivity contribution in [3.05, 3.63) is 252 Å². The van der Waals surface area contributed by atoms with Gasteiger partial charge in [0.05, 0.1) is 0 Å². The van der Waals surface area contributed by atoms with Crippen molar-refractivity contribution >= 4 is 18.5 Å². The second-order valence-corrected chi connectivity index (χ2v) is 15.1. The van der Waals surface area contributed by atoms with Crippen LogP contribution in [0.3, 0.4) is 0 Å². The van der Waals surface area contributed by atoms with Crippen molar-refractivity contribution in [3.63, 3.8) is 0 Å². The summed E-state index contributed by atoms with van der Waals surface area (Å²) in [5.41, 5.74) is 4.53. The van der Waals surface area contributed by atoms with E-state index in [0.717, 1.165) is 33.4 Å². The van der Waals surface area contributed by atoms with Gasteiger partial charge in [-0.1, -0.05) is 146 Å². The molecule has 0 heterocycles. The zero-order valence-electron chi connectivity index (χ0n) is 35.0. The molecule has 9 heteroatoms. The van der Waals surface area contributed by atoms with Crippen LogP contribution in [0.25, 0.3) is 0 Å². The Morgan fingerprint density at radius 1 is 0.250 bits per heavy atom. The van der Waals surface area contributed by atoms with E-state index < -0.39 is 29.3 Å². The van der Waals surface area contributed by atoms with E-state index in [-0.39, 0.29) is 0 Å². The molecule has 2 unspecified atom stereocenters. The third-order valence-corrected chi connectivity index (χ3v) is 11.1. The predicted molar refractivity (Wildman–Crippen MR) is 243 cm³/mol. The van der Waals surface area contributed by atoms with Crippen LogP contribution in [-0.4, -0.2) is 18.5 Å².